The van der Waals surface area contributed by atoms with Crippen LogP contribution in [0.3, 0.4) is 0 Å². The van der Waals surface area contributed by atoms with Gasteiger partial charge in [0.2, 0.25) is 0 Å². The third-order valence-corrected chi connectivity index (χ3v) is 7.18. The van der Waals surface area contributed by atoms with Gasteiger partial charge in [-0.15, -0.1) is 0 Å². The number of hydrogen-bond donors (Lipinski definition) is 2. The molecule has 0 saturated carbocycles. The zero-order chi connectivity index (χ0) is 22.5. The van der Waals surface area contributed by atoms with Crippen LogP contribution in [0.2, 0.25) is 0 Å². The van der Waals surface area contributed by atoms with E-state index < -0.39 is 0 Å². The molecule has 8 heteroatoms. The fourth-order valence-electron chi connectivity index (χ4n) is 4.09. The Labute approximate surface area is 192 Å². The predicted octanol–water partition coefficient (Wildman–Crippen LogP) is 3.53. The minimum atomic E-state index is -0.191. The number of thioether (sulfide) groups is 1. The standard InChI is InChI=1S/C24H29N3O4S/c1-30-19-8-6-16(14-20(19)31-2)10-11-25-22(28)17-7-9-21-18(15-17)26-23(29)24(32-21)27-12-4-3-5-13-27/h6-9,14-15,24H,3-5,10-13H2,1-2H3,(H,25,28)(H,26,29). The fourth-order valence-corrected chi connectivity index (χ4v) is 5.24. The molecule has 2 aromatic carbocycles. The van der Waals surface area contributed by atoms with Crippen molar-refractivity contribution >= 4 is 29.3 Å². The Kier molecular flexibility index (Phi) is 7.22. The zero-order valence-corrected chi connectivity index (χ0v) is 19.3. The van der Waals surface area contributed by atoms with E-state index in [0.29, 0.717) is 35.7 Å². The summed E-state index contributed by atoms with van der Waals surface area (Å²) in [6.45, 7) is 2.41. The van der Waals surface area contributed by atoms with Crippen molar-refractivity contribution in [3.05, 3.63) is 47.5 Å². The Hall–Kier alpha value is -2.71. The monoisotopic (exact) mass is 455 g/mol. The molecule has 1 fully saturated rings. The van der Waals surface area contributed by atoms with Crippen molar-refractivity contribution in [2.45, 2.75) is 36.0 Å². The summed E-state index contributed by atoms with van der Waals surface area (Å²) in [7, 11) is 3.20. The second kappa shape index (κ2) is 10.3. The maximum Gasteiger partial charge on any atom is 0.252 e. The molecular formula is C24H29N3O4S. The SMILES string of the molecule is COc1ccc(CCNC(=O)c2ccc3c(c2)NC(=O)C(N2CCCCC2)S3)cc1OC. The van der Waals surface area contributed by atoms with E-state index in [-0.39, 0.29) is 17.2 Å². The average molecular weight is 456 g/mol. The molecule has 0 radical (unpaired) electrons. The summed E-state index contributed by atoms with van der Waals surface area (Å²) >= 11 is 1.57. The molecule has 2 aliphatic rings. The molecule has 1 saturated heterocycles. The van der Waals surface area contributed by atoms with Crippen molar-refractivity contribution in [3.8, 4) is 11.5 Å². The summed E-state index contributed by atoms with van der Waals surface area (Å²) in [5.41, 5.74) is 2.29. The van der Waals surface area contributed by atoms with Crippen LogP contribution in [0, 0.1) is 0 Å². The number of amides is 2. The molecule has 2 amide bonds. The minimum absolute atomic E-state index is 0.00425. The lowest BCUT2D eigenvalue weighted by Gasteiger charge is -2.35. The first-order valence-corrected chi connectivity index (χ1v) is 11.8. The molecule has 4 rings (SSSR count). The smallest absolute Gasteiger partial charge is 0.252 e. The summed E-state index contributed by atoms with van der Waals surface area (Å²) < 4.78 is 10.6. The van der Waals surface area contributed by atoms with Crippen molar-refractivity contribution in [3.63, 3.8) is 0 Å². The molecule has 1 atom stereocenters. The van der Waals surface area contributed by atoms with E-state index in [9.17, 15) is 9.59 Å². The van der Waals surface area contributed by atoms with E-state index in [4.69, 9.17) is 9.47 Å². The second-order valence-electron chi connectivity index (χ2n) is 7.96. The number of carbonyl (C=O) groups excluding carboxylic acids is 2. The van der Waals surface area contributed by atoms with Crippen LogP contribution >= 0.6 is 11.8 Å². The van der Waals surface area contributed by atoms with E-state index >= 15 is 0 Å². The number of nitrogens with one attached hydrogen (secondary N) is 2. The van der Waals surface area contributed by atoms with Gasteiger partial charge < -0.3 is 20.1 Å². The van der Waals surface area contributed by atoms with Crippen molar-refractivity contribution in [1.82, 2.24) is 10.2 Å². The first kappa shape index (κ1) is 22.5. The van der Waals surface area contributed by atoms with Gasteiger partial charge in [-0.1, -0.05) is 24.2 Å². The second-order valence-corrected chi connectivity index (χ2v) is 9.08. The highest BCUT2D eigenvalue weighted by molar-refractivity contribution is 8.00. The van der Waals surface area contributed by atoms with E-state index in [2.05, 4.69) is 15.5 Å². The zero-order valence-electron chi connectivity index (χ0n) is 18.5. The number of rotatable bonds is 7. The summed E-state index contributed by atoms with van der Waals surface area (Å²) in [4.78, 5) is 28.6. The molecule has 2 aromatic rings. The molecule has 0 aromatic heterocycles. The van der Waals surface area contributed by atoms with Crippen LogP contribution in [0.4, 0.5) is 5.69 Å². The first-order chi connectivity index (χ1) is 15.6. The van der Waals surface area contributed by atoms with Crippen molar-refractivity contribution in [2.24, 2.45) is 0 Å². The van der Waals surface area contributed by atoms with E-state index in [1.165, 1.54) is 6.42 Å². The number of benzene rings is 2. The molecular weight excluding hydrogens is 426 g/mol. The normalized spacial score (nSPS) is 18.4. The summed E-state index contributed by atoms with van der Waals surface area (Å²) in [5, 5.41) is 5.76. The molecule has 2 heterocycles. The number of nitrogens with zero attached hydrogens (tertiary/aromatic N) is 1. The third-order valence-electron chi connectivity index (χ3n) is 5.83. The Morgan fingerprint density at radius 1 is 1.09 bits per heavy atom. The summed E-state index contributed by atoms with van der Waals surface area (Å²) in [5.74, 6) is 1.18. The van der Waals surface area contributed by atoms with Gasteiger partial charge in [-0.3, -0.25) is 14.5 Å². The Morgan fingerprint density at radius 2 is 1.88 bits per heavy atom. The van der Waals surface area contributed by atoms with E-state index in [0.717, 1.165) is 36.4 Å². The Balaban J connectivity index is 1.35. The van der Waals surface area contributed by atoms with E-state index in [1.807, 2.05) is 30.3 Å². The van der Waals surface area contributed by atoms with Crippen molar-refractivity contribution < 1.29 is 19.1 Å². The molecule has 0 spiro atoms. The quantitative estimate of drug-likeness (QED) is 0.665. The van der Waals surface area contributed by atoms with Gasteiger partial charge in [-0.25, -0.2) is 0 Å². The first-order valence-electron chi connectivity index (χ1n) is 10.9. The van der Waals surface area contributed by atoms with Crippen LogP contribution in [0.25, 0.3) is 0 Å². The third kappa shape index (κ3) is 5.02. The van der Waals surface area contributed by atoms with Gasteiger partial charge in [0.25, 0.3) is 11.8 Å². The number of anilines is 1. The molecule has 7 nitrogen and oxygen atoms in total. The number of hydrogen-bond acceptors (Lipinski definition) is 6. The van der Waals surface area contributed by atoms with Gasteiger partial charge in [-0.2, -0.15) is 0 Å². The number of likely N-dealkylation sites (tertiary alicyclic amines) is 1. The molecule has 2 N–H and O–H groups in total. The number of ether oxygens (including phenoxy) is 2. The number of carbonyl (C=O) groups is 2. The van der Waals surface area contributed by atoms with Gasteiger partial charge >= 0.3 is 0 Å². The maximum atomic E-state index is 12.7. The van der Waals surface area contributed by atoms with Crippen LogP contribution in [-0.2, 0) is 11.2 Å². The summed E-state index contributed by atoms with van der Waals surface area (Å²) in [6, 6.07) is 11.2. The van der Waals surface area contributed by atoms with E-state index in [1.54, 1.807) is 32.0 Å². The van der Waals surface area contributed by atoms with Gasteiger partial charge in [0.1, 0.15) is 5.37 Å². The van der Waals surface area contributed by atoms with Crippen LogP contribution < -0.4 is 20.1 Å². The molecule has 32 heavy (non-hydrogen) atoms. The van der Waals surface area contributed by atoms with Gasteiger partial charge in [0.15, 0.2) is 11.5 Å². The average Bonchev–Trinajstić information content (AvgIpc) is 2.83. The highest BCUT2D eigenvalue weighted by atomic mass is 32.2. The minimum Gasteiger partial charge on any atom is -0.493 e. The van der Waals surface area contributed by atoms with Crippen molar-refractivity contribution in [1.29, 1.82) is 0 Å². The van der Waals surface area contributed by atoms with Crippen LogP contribution in [0.1, 0.15) is 35.2 Å². The molecule has 1 unspecified atom stereocenters. The topological polar surface area (TPSA) is 79.9 Å². The Morgan fingerprint density at radius 3 is 2.62 bits per heavy atom. The van der Waals surface area contributed by atoms with Crippen LogP contribution in [-0.4, -0.2) is 55.9 Å². The van der Waals surface area contributed by atoms with Crippen LogP contribution in [0.5, 0.6) is 11.5 Å². The molecule has 2 aliphatic heterocycles. The van der Waals surface area contributed by atoms with Gasteiger partial charge in [-0.05, 0) is 68.2 Å². The fraction of sp³-hybridized carbons (Fsp3) is 0.417. The number of piperidine rings is 1. The molecule has 0 aliphatic carbocycles. The summed E-state index contributed by atoms with van der Waals surface area (Å²) in [6.07, 6.45) is 4.18. The number of fused-ring (bicyclic) bond motifs is 1. The van der Waals surface area contributed by atoms with Gasteiger partial charge in [0.05, 0.1) is 19.9 Å². The lowest BCUT2D eigenvalue weighted by atomic mass is 10.1. The molecule has 170 valence electrons. The van der Waals surface area contributed by atoms with Gasteiger partial charge in [0, 0.05) is 17.0 Å². The number of methoxy groups -OCH3 is 2. The lowest BCUT2D eigenvalue weighted by molar-refractivity contribution is -0.118. The highest BCUT2D eigenvalue weighted by Gasteiger charge is 2.33. The Bertz CT molecular complexity index is 991. The largest absolute Gasteiger partial charge is 0.493 e. The predicted molar refractivity (Wildman–Crippen MR) is 126 cm³/mol. The highest BCUT2D eigenvalue weighted by Crippen LogP contribution is 2.38. The van der Waals surface area contributed by atoms with Crippen LogP contribution in [0.15, 0.2) is 41.3 Å². The maximum absolute atomic E-state index is 12.7. The lowest BCUT2D eigenvalue weighted by Crippen LogP contribution is -2.46. The van der Waals surface area contributed by atoms with Crippen molar-refractivity contribution in [2.75, 3.05) is 39.2 Å². The molecule has 0 bridgehead atoms.